The molecule has 0 aliphatic heterocycles. The molecule has 1 aromatic heterocycles. The summed E-state index contributed by atoms with van der Waals surface area (Å²) < 4.78 is 11.9. The van der Waals surface area contributed by atoms with Crippen LogP contribution in [0.5, 0.6) is 5.75 Å². The van der Waals surface area contributed by atoms with E-state index in [1.807, 2.05) is 0 Å². The van der Waals surface area contributed by atoms with E-state index in [0.29, 0.717) is 16.2 Å². The second-order valence-electron chi connectivity index (χ2n) is 3.96. The summed E-state index contributed by atoms with van der Waals surface area (Å²) in [5.41, 5.74) is 0.317. The van der Waals surface area contributed by atoms with Crippen molar-refractivity contribution in [3.05, 3.63) is 48.2 Å². The fourth-order valence-electron chi connectivity index (χ4n) is 1.68. The van der Waals surface area contributed by atoms with Gasteiger partial charge < -0.3 is 10.4 Å². The average Bonchev–Trinajstić information content (AvgIpc) is 2.48. The van der Waals surface area contributed by atoms with E-state index in [1.54, 1.807) is 37.3 Å². The molecular formula is C14H14N2O3S. The monoisotopic (exact) mass is 290 g/mol. The van der Waals surface area contributed by atoms with Gasteiger partial charge in [-0.1, -0.05) is 19.1 Å². The number of nitrogens with zero attached hydrogens (tertiary/aromatic N) is 1. The lowest BCUT2D eigenvalue weighted by Crippen LogP contribution is -2.16. The van der Waals surface area contributed by atoms with Gasteiger partial charge in [-0.3, -0.25) is 9.00 Å². The molecule has 0 unspecified atom stereocenters. The number of pyridine rings is 1. The number of nitrogens with one attached hydrogen (secondary N) is 1. The zero-order chi connectivity index (χ0) is 14.5. The van der Waals surface area contributed by atoms with Gasteiger partial charge in [0.05, 0.1) is 21.3 Å². The van der Waals surface area contributed by atoms with Crippen LogP contribution < -0.4 is 5.32 Å². The van der Waals surface area contributed by atoms with Gasteiger partial charge in [0.15, 0.2) is 11.6 Å². The molecule has 0 fully saturated rings. The van der Waals surface area contributed by atoms with Crippen LogP contribution in [0.3, 0.4) is 0 Å². The molecule has 104 valence electrons. The smallest absolute Gasteiger partial charge is 0.258 e. The Hall–Kier alpha value is -2.21. The number of amides is 1. The maximum absolute atomic E-state index is 12.2. The number of rotatable bonds is 4. The molecular weight excluding hydrogens is 276 g/mol. The highest BCUT2D eigenvalue weighted by atomic mass is 32.2. The standard InChI is InChI=1S/C14H14N2O3S/c1-2-20(19)12-8-4-3-6-10(12)14(18)16-13-11(17)7-5-9-15-13/h3-9,17H,2H2,1H3,(H,15,16,18)/t20-/m1/s1. The van der Waals surface area contributed by atoms with Crippen molar-refractivity contribution in [2.24, 2.45) is 0 Å². The summed E-state index contributed by atoms with van der Waals surface area (Å²) >= 11 is 0. The van der Waals surface area contributed by atoms with Gasteiger partial charge in [0.2, 0.25) is 0 Å². The zero-order valence-corrected chi connectivity index (χ0v) is 11.7. The van der Waals surface area contributed by atoms with Crippen LogP contribution in [0.25, 0.3) is 0 Å². The maximum Gasteiger partial charge on any atom is 0.258 e. The van der Waals surface area contributed by atoms with E-state index in [4.69, 9.17) is 0 Å². The lowest BCUT2D eigenvalue weighted by molar-refractivity contribution is 0.102. The average molecular weight is 290 g/mol. The van der Waals surface area contributed by atoms with E-state index in [-0.39, 0.29) is 11.6 Å². The van der Waals surface area contributed by atoms with Crippen LogP contribution in [0.15, 0.2) is 47.5 Å². The predicted molar refractivity (Wildman–Crippen MR) is 77.2 cm³/mol. The van der Waals surface area contributed by atoms with Crippen molar-refractivity contribution in [1.82, 2.24) is 4.98 Å². The van der Waals surface area contributed by atoms with Crippen LogP contribution in [0, 0.1) is 0 Å². The summed E-state index contributed by atoms with van der Waals surface area (Å²) in [6.07, 6.45) is 1.46. The molecule has 6 heteroatoms. The minimum absolute atomic E-state index is 0.0783. The highest BCUT2D eigenvalue weighted by Crippen LogP contribution is 2.21. The third-order valence-corrected chi connectivity index (χ3v) is 4.03. The fraction of sp³-hybridized carbons (Fsp3) is 0.143. The SMILES string of the molecule is CC[S@@](=O)c1ccccc1C(=O)Nc1ncccc1O. The molecule has 0 saturated carbocycles. The number of aromatic nitrogens is 1. The van der Waals surface area contributed by atoms with Crippen molar-refractivity contribution in [3.8, 4) is 5.75 Å². The molecule has 0 bridgehead atoms. The lowest BCUT2D eigenvalue weighted by atomic mass is 10.2. The van der Waals surface area contributed by atoms with Crippen molar-refractivity contribution in [3.63, 3.8) is 0 Å². The van der Waals surface area contributed by atoms with Gasteiger partial charge in [0, 0.05) is 11.9 Å². The summed E-state index contributed by atoms with van der Waals surface area (Å²) in [5, 5.41) is 12.1. The summed E-state index contributed by atoms with van der Waals surface area (Å²) in [5.74, 6) is -0.0556. The summed E-state index contributed by atoms with van der Waals surface area (Å²) in [4.78, 5) is 16.6. The fourth-order valence-corrected chi connectivity index (χ4v) is 2.62. The van der Waals surface area contributed by atoms with Crippen molar-refractivity contribution >= 4 is 22.5 Å². The second kappa shape index (κ2) is 6.29. The van der Waals surface area contributed by atoms with Crippen LogP contribution in [0.1, 0.15) is 17.3 Å². The molecule has 1 heterocycles. The van der Waals surface area contributed by atoms with Gasteiger partial charge >= 0.3 is 0 Å². The van der Waals surface area contributed by atoms with E-state index in [9.17, 15) is 14.1 Å². The molecule has 2 N–H and O–H groups in total. The molecule has 1 aromatic carbocycles. The molecule has 20 heavy (non-hydrogen) atoms. The Balaban J connectivity index is 2.31. The maximum atomic E-state index is 12.2. The Morgan fingerprint density at radius 1 is 1.30 bits per heavy atom. The molecule has 1 amide bonds. The molecule has 5 nitrogen and oxygen atoms in total. The van der Waals surface area contributed by atoms with E-state index in [1.165, 1.54) is 12.3 Å². The van der Waals surface area contributed by atoms with Crippen LogP contribution >= 0.6 is 0 Å². The van der Waals surface area contributed by atoms with E-state index >= 15 is 0 Å². The molecule has 0 aliphatic rings. The number of carbonyl (C=O) groups is 1. The first-order chi connectivity index (χ1) is 9.63. The number of carbonyl (C=O) groups excluding carboxylic acids is 1. The normalized spacial score (nSPS) is 11.8. The van der Waals surface area contributed by atoms with Crippen LogP contribution in [0.2, 0.25) is 0 Å². The van der Waals surface area contributed by atoms with E-state index in [0.717, 1.165) is 0 Å². The Labute approximate surface area is 119 Å². The van der Waals surface area contributed by atoms with Crippen LogP contribution in [-0.4, -0.2) is 26.0 Å². The van der Waals surface area contributed by atoms with Gasteiger partial charge in [-0.2, -0.15) is 0 Å². The molecule has 0 saturated heterocycles. The van der Waals surface area contributed by atoms with Gasteiger partial charge in [-0.05, 0) is 24.3 Å². The first-order valence-corrected chi connectivity index (χ1v) is 7.38. The van der Waals surface area contributed by atoms with Crippen LogP contribution in [0.4, 0.5) is 5.82 Å². The summed E-state index contributed by atoms with van der Waals surface area (Å²) in [6, 6.07) is 9.68. The quantitative estimate of drug-likeness (QED) is 0.904. The number of hydrogen-bond donors (Lipinski definition) is 2. The van der Waals surface area contributed by atoms with E-state index < -0.39 is 16.7 Å². The minimum Gasteiger partial charge on any atom is -0.504 e. The topological polar surface area (TPSA) is 79.3 Å². The molecule has 2 rings (SSSR count). The number of aromatic hydroxyl groups is 1. The molecule has 0 radical (unpaired) electrons. The van der Waals surface area contributed by atoms with Crippen molar-refractivity contribution in [1.29, 1.82) is 0 Å². The first kappa shape index (κ1) is 14.2. The first-order valence-electron chi connectivity index (χ1n) is 6.06. The van der Waals surface area contributed by atoms with Gasteiger partial charge in [-0.25, -0.2) is 4.98 Å². The van der Waals surface area contributed by atoms with Gasteiger partial charge in [-0.15, -0.1) is 0 Å². The Morgan fingerprint density at radius 2 is 2.05 bits per heavy atom. The number of benzene rings is 1. The third kappa shape index (κ3) is 3.03. The molecule has 0 spiro atoms. The highest BCUT2D eigenvalue weighted by Gasteiger charge is 2.16. The van der Waals surface area contributed by atoms with Crippen molar-refractivity contribution in [2.75, 3.05) is 11.1 Å². The Bertz CT molecular complexity index is 658. The largest absolute Gasteiger partial charge is 0.504 e. The highest BCUT2D eigenvalue weighted by molar-refractivity contribution is 7.85. The van der Waals surface area contributed by atoms with Crippen molar-refractivity contribution < 1.29 is 14.1 Å². The number of anilines is 1. The predicted octanol–water partition coefficient (Wildman–Crippen LogP) is 2.17. The van der Waals surface area contributed by atoms with Gasteiger partial charge in [0.25, 0.3) is 5.91 Å². The molecule has 1 atom stereocenters. The lowest BCUT2D eigenvalue weighted by Gasteiger charge is -2.09. The zero-order valence-electron chi connectivity index (χ0n) is 10.9. The summed E-state index contributed by atoms with van der Waals surface area (Å²) in [6.45, 7) is 1.79. The van der Waals surface area contributed by atoms with E-state index in [2.05, 4.69) is 10.3 Å². The number of hydrogen-bond acceptors (Lipinski definition) is 4. The minimum atomic E-state index is -1.23. The third-order valence-electron chi connectivity index (χ3n) is 2.66. The molecule has 0 aliphatic carbocycles. The van der Waals surface area contributed by atoms with Crippen LogP contribution in [-0.2, 0) is 10.8 Å². The van der Waals surface area contributed by atoms with Crippen molar-refractivity contribution in [2.45, 2.75) is 11.8 Å². The molecule has 2 aromatic rings. The summed E-state index contributed by atoms with van der Waals surface area (Å²) in [7, 11) is -1.23. The Kier molecular flexibility index (Phi) is 4.47. The van der Waals surface area contributed by atoms with Gasteiger partial charge in [0.1, 0.15) is 0 Å². The second-order valence-corrected chi connectivity index (χ2v) is 5.66. The Morgan fingerprint density at radius 3 is 2.75 bits per heavy atom.